The topological polar surface area (TPSA) is 93.6 Å². The fourth-order valence-corrected chi connectivity index (χ4v) is 2.84. The molecule has 0 aliphatic carbocycles. The molecule has 0 aliphatic heterocycles. The van der Waals surface area contributed by atoms with E-state index in [1.54, 1.807) is 24.3 Å². The van der Waals surface area contributed by atoms with E-state index in [0.29, 0.717) is 28.8 Å². The lowest BCUT2D eigenvalue weighted by molar-refractivity contribution is -0.384. The van der Waals surface area contributed by atoms with Crippen molar-refractivity contribution in [3.63, 3.8) is 0 Å². The van der Waals surface area contributed by atoms with Crippen molar-refractivity contribution in [3.05, 3.63) is 80.4 Å². The number of nitro benzene ring substituents is 1. The third-order valence-corrected chi connectivity index (χ3v) is 4.51. The fourth-order valence-electron chi connectivity index (χ4n) is 2.84. The highest BCUT2D eigenvalue weighted by atomic mass is 16.6. The Morgan fingerprint density at radius 3 is 2.46 bits per heavy atom. The van der Waals surface area contributed by atoms with Crippen LogP contribution in [0.5, 0.6) is 0 Å². The number of fused-ring (bicyclic) bond motifs is 1. The number of aromatic nitrogens is 2. The lowest BCUT2D eigenvalue weighted by Gasteiger charge is -2.19. The van der Waals surface area contributed by atoms with Gasteiger partial charge < -0.3 is 0 Å². The number of benzene rings is 2. The Kier molecular flexibility index (Phi) is 5.90. The maximum atomic E-state index is 13.0. The molecule has 0 N–H and O–H groups in total. The van der Waals surface area contributed by atoms with Crippen LogP contribution in [0.15, 0.2) is 58.4 Å². The standard InChI is InChI=1S/C20H21N5O3/c1-3-23(4-2)14-19-22-18-8-6-5-7-17(18)20(26)24(19)21-13-15-9-11-16(12-10-15)25(27)28/h5-13H,3-4,14H2,1-2H3. The molecule has 1 aromatic heterocycles. The maximum Gasteiger partial charge on any atom is 0.282 e. The minimum atomic E-state index is -0.457. The summed E-state index contributed by atoms with van der Waals surface area (Å²) in [6.45, 7) is 6.24. The van der Waals surface area contributed by atoms with E-state index >= 15 is 0 Å². The van der Waals surface area contributed by atoms with Crippen LogP contribution in [0.25, 0.3) is 10.9 Å². The van der Waals surface area contributed by atoms with Crippen molar-refractivity contribution in [1.29, 1.82) is 0 Å². The van der Waals surface area contributed by atoms with Crippen molar-refractivity contribution >= 4 is 22.8 Å². The first-order chi connectivity index (χ1) is 13.5. The second-order valence-electron chi connectivity index (χ2n) is 6.22. The highest BCUT2D eigenvalue weighted by Gasteiger charge is 2.13. The van der Waals surface area contributed by atoms with Crippen LogP contribution in [0.1, 0.15) is 25.2 Å². The first-order valence-corrected chi connectivity index (χ1v) is 9.05. The zero-order chi connectivity index (χ0) is 20.1. The summed E-state index contributed by atoms with van der Waals surface area (Å²) in [7, 11) is 0. The van der Waals surface area contributed by atoms with Crippen LogP contribution in [0, 0.1) is 10.1 Å². The second-order valence-corrected chi connectivity index (χ2v) is 6.22. The molecular formula is C20H21N5O3. The minimum Gasteiger partial charge on any atom is -0.296 e. The number of nitrogens with zero attached hydrogens (tertiary/aromatic N) is 5. The van der Waals surface area contributed by atoms with Gasteiger partial charge in [0.2, 0.25) is 0 Å². The minimum absolute atomic E-state index is 0.00362. The van der Waals surface area contributed by atoms with E-state index in [4.69, 9.17) is 0 Å². The van der Waals surface area contributed by atoms with Gasteiger partial charge in [-0.15, -0.1) is 0 Å². The summed E-state index contributed by atoms with van der Waals surface area (Å²) in [6, 6.07) is 13.2. The third kappa shape index (κ3) is 4.12. The highest BCUT2D eigenvalue weighted by molar-refractivity contribution is 5.80. The number of non-ortho nitro benzene ring substituents is 1. The van der Waals surface area contributed by atoms with Crippen molar-refractivity contribution in [2.24, 2.45) is 5.10 Å². The molecule has 8 nitrogen and oxygen atoms in total. The molecule has 0 spiro atoms. The third-order valence-electron chi connectivity index (χ3n) is 4.51. The normalized spacial score (nSPS) is 11.5. The van der Waals surface area contributed by atoms with E-state index in [9.17, 15) is 14.9 Å². The van der Waals surface area contributed by atoms with Crippen LogP contribution in [-0.2, 0) is 6.54 Å². The van der Waals surface area contributed by atoms with Gasteiger partial charge in [0.15, 0.2) is 0 Å². The van der Waals surface area contributed by atoms with E-state index < -0.39 is 4.92 Å². The van der Waals surface area contributed by atoms with Crippen molar-refractivity contribution in [2.75, 3.05) is 13.1 Å². The van der Waals surface area contributed by atoms with Crippen LogP contribution in [0.3, 0.4) is 0 Å². The number of rotatable bonds is 7. The monoisotopic (exact) mass is 379 g/mol. The lowest BCUT2D eigenvalue weighted by Crippen LogP contribution is -2.29. The molecule has 0 aliphatic rings. The summed E-state index contributed by atoms with van der Waals surface area (Å²) in [5, 5.41) is 15.6. The molecule has 0 amide bonds. The molecule has 8 heteroatoms. The van der Waals surface area contributed by atoms with Gasteiger partial charge in [-0.05, 0) is 42.9 Å². The molecule has 3 aromatic rings. The highest BCUT2D eigenvalue weighted by Crippen LogP contribution is 2.12. The maximum absolute atomic E-state index is 13.0. The average molecular weight is 379 g/mol. The predicted molar refractivity (Wildman–Crippen MR) is 109 cm³/mol. The van der Waals surface area contributed by atoms with Crippen LogP contribution >= 0.6 is 0 Å². The van der Waals surface area contributed by atoms with E-state index in [1.807, 2.05) is 26.0 Å². The molecule has 0 saturated heterocycles. The zero-order valence-electron chi connectivity index (χ0n) is 15.8. The average Bonchev–Trinajstić information content (AvgIpc) is 2.72. The van der Waals surface area contributed by atoms with Crippen LogP contribution in [0.2, 0.25) is 0 Å². The second kappa shape index (κ2) is 8.53. The van der Waals surface area contributed by atoms with Crippen LogP contribution < -0.4 is 5.56 Å². The molecule has 1 heterocycles. The summed E-state index contributed by atoms with van der Waals surface area (Å²) >= 11 is 0. The van der Waals surface area contributed by atoms with Crippen molar-refractivity contribution in [3.8, 4) is 0 Å². The quantitative estimate of drug-likeness (QED) is 0.357. The molecular weight excluding hydrogens is 358 g/mol. The van der Waals surface area contributed by atoms with E-state index in [2.05, 4.69) is 15.0 Å². The molecule has 0 bridgehead atoms. The largest absolute Gasteiger partial charge is 0.296 e. The summed E-state index contributed by atoms with van der Waals surface area (Å²) in [5.74, 6) is 0.547. The molecule has 28 heavy (non-hydrogen) atoms. The fraction of sp³-hybridized carbons (Fsp3) is 0.250. The summed E-state index contributed by atoms with van der Waals surface area (Å²) in [6.07, 6.45) is 1.51. The summed E-state index contributed by atoms with van der Waals surface area (Å²) < 4.78 is 1.31. The van der Waals surface area contributed by atoms with Crippen molar-refractivity contribution in [2.45, 2.75) is 20.4 Å². The summed E-state index contributed by atoms with van der Waals surface area (Å²) in [4.78, 5) is 30.1. The SMILES string of the molecule is CCN(CC)Cc1nc2ccccc2c(=O)n1N=Cc1ccc([N+](=O)[O-])cc1. The van der Waals surface area contributed by atoms with Gasteiger partial charge in [0.05, 0.1) is 28.6 Å². The number of para-hydroxylation sites is 1. The molecule has 2 aromatic carbocycles. The first-order valence-electron chi connectivity index (χ1n) is 9.05. The van der Waals surface area contributed by atoms with Gasteiger partial charge >= 0.3 is 0 Å². The molecule has 0 fully saturated rings. The van der Waals surface area contributed by atoms with E-state index in [1.165, 1.54) is 23.0 Å². The predicted octanol–water partition coefficient (Wildman–Crippen LogP) is 3.03. The molecule has 3 rings (SSSR count). The first kappa shape index (κ1) is 19.4. The number of hydrogen-bond acceptors (Lipinski definition) is 6. The van der Waals surface area contributed by atoms with Gasteiger partial charge in [-0.2, -0.15) is 9.78 Å². The molecule has 0 unspecified atom stereocenters. The smallest absolute Gasteiger partial charge is 0.282 e. The Bertz CT molecular complexity index is 1070. The Hall–Kier alpha value is -3.39. The van der Waals surface area contributed by atoms with Gasteiger partial charge in [0.25, 0.3) is 11.2 Å². The van der Waals surface area contributed by atoms with Gasteiger partial charge in [0.1, 0.15) is 5.82 Å². The van der Waals surface area contributed by atoms with Gasteiger partial charge in [-0.25, -0.2) is 4.98 Å². The Morgan fingerprint density at radius 2 is 1.82 bits per heavy atom. The molecule has 0 radical (unpaired) electrons. The number of hydrogen-bond donors (Lipinski definition) is 0. The Labute approximate surface area is 161 Å². The number of nitro groups is 1. The van der Waals surface area contributed by atoms with Crippen molar-refractivity contribution < 1.29 is 4.92 Å². The lowest BCUT2D eigenvalue weighted by atomic mass is 10.2. The Balaban J connectivity index is 2.05. The summed E-state index contributed by atoms with van der Waals surface area (Å²) in [5.41, 5.74) is 1.05. The zero-order valence-corrected chi connectivity index (χ0v) is 15.8. The Morgan fingerprint density at radius 1 is 1.14 bits per heavy atom. The molecule has 144 valence electrons. The van der Waals surface area contributed by atoms with Gasteiger partial charge in [0, 0.05) is 12.1 Å². The van der Waals surface area contributed by atoms with Crippen molar-refractivity contribution in [1.82, 2.24) is 14.6 Å². The van der Waals surface area contributed by atoms with Crippen LogP contribution in [-0.4, -0.2) is 38.8 Å². The van der Waals surface area contributed by atoms with Crippen LogP contribution in [0.4, 0.5) is 5.69 Å². The molecule has 0 atom stereocenters. The van der Waals surface area contributed by atoms with E-state index in [0.717, 1.165) is 13.1 Å². The van der Waals surface area contributed by atoms with E-state index in [-0.39, 0.29) is 11.2 Å². The van der Waals surface area contributed by atoms with Gasteiger partial charge in [-0.1, -0.05) is 26.0 Å². The van der Waals surface area contributed by atoms with Gasteiger partial charge in [-0.3, -0.25) is 19.8 Å². The molecule has 0 saturated carbocycles.